The number of nitrogens with two attached hydrogens (primary N) is 1. The van der Waals surface area contributed by atoms with Gasteiger partial charge in [-0.25, -0.2) is 0 Å². The molecule has 0 unspecified atom stereocenters. The molecule has 1 aliphatic rings. The molecule has 2 N–H and O–H groups in total. The quantitative estimate of drug-likeness (QED) is 0.841. The van der Waals surface area contributed by atoms with Crippen LogP contribution in [0.1, 0.15) is 31.4 Å². The fourth-order valence-corrected chi connectivity index (χ4v) is 2.49. The van der Waals surface area contributed by atoms with Gasteiger partial charge in [0.15, 0.2) is 0 Å². The number of rotatable bonds is 4. The van der Waals surface area contributed by atoms with Gasteiger partial charge in [-0.3, -0.25) is 0 Å². The highest BCUT2D eigenvalue weighted by Crippen LogP contribution is 2.21. The Labute approximate surface area is 98.4 Å². The van der Waals surface area contributed by atoms with Crippen molar-refractivity contribution in [3.8, 4) is 0 Å². The summed E-state index contributed by atoms with van der Waals surface area (Å²) in [5.41, 5.74) is 7.55. The average Bonchev–Trinajstić information content (AvgIpc) is 2.82. The van der Waals surface area contributed by atoms with Crippen molar-refractivity contribution in [1.29, 1.82) is 0 Å². The van der Waals surface area contributed by atoms with Gasteiger partial charge in [-0.05, 0) is 37.4 Å². The first kappa shape index (κ1) is 11.6. The standard InChI is InChI=1S/C14H22N2/c1-12(11-16-9-5-6-10-16)14(15)13-7-3-2-4-8-13/h2-4,7-8,12,14H,5-6,9-11,15H2,1H3/t12-,14+/m0/s1. The molecular weight excluding hydrogens is 196 g/mol. The van der Waals surface area contributed by atoms with E-state index in [-0.39, 0.29) is 6.04 Å². The summed E-state index contributed by atoms with van der Waals surface area (Å²) in [6, 6.07) is 10.6. The molecule has 0 saturated carbocycles. The zero-order valence-corrected chi connectivity index (χ0v) is 10.1. The molecule has 0 bridgehead atoms. The Kier molecular flexibility index (Phi) is 3.97. The first-order valence-electron chi connectivity index (χ1n) is 6.30. The SMILES string of the molecule is C[C@@H](CN1CCCC1)[C@@H](N)c1ccccc1. The molecule has 1 fully saturated rings. The van der Waals surface area contributed by atoms with Crippen LogP contribution >= 0.6 is 0 Å². The number of hydrogen-bond donors (Lipinski definition) is 1. The highest BCUT2D eigenvalue weighted by atomic mass is 15.1. The van der Waals surface area contributed by atoms with Gasteiger partial charge in [-0.2, -0.15) is 0 Å². The number of likely N-dealkylation sites (tertiary alicyclic amines) is 1. The molecule has 1 saturated heterocycles. The lowest BCUT2D eigenvalue weighted by Crippen LogP contribution is -2.31. The van der Waals surface area contributed by atoms with Crippen LogP contribution in [0, 0.1) is 5.92 Å². The molecule has 2 heteroatoms. The molecule has 1 heterocycles. The van der Waals surface area contributed by atoms with Crippen molar-refractivity contribution in [2.75, 3.05) is 19.6 Å². The molecule has 88 valence electrons. The van der Waals surface area contributed by atoms with E-state index in [2.05, 4.69) is 36.1 Å². The van der Waals surface area contributed by atoms with Crippen molar-refractivity contribution in [2.45, 2.75) is 25.8 Å². The zero-order chi connectivity index (χ0) is 11.4. The average molecular weight is 218 g/mol. The van der Waals surface area contributed by atoms with Crippen LogP contribution in [-0.4, -0.2) is 24.5 Å². The van der Waals surface area contributed by atoms with E-state index in [9.17, 15) is 0 Å². The first-order valence-corrected chi connectivity index (χ1v) is 6.30. The number of hydrogen-bond acceptors (Lipinski definition) is 2. The van der Waals surface area contributed by atoms with E-state index >= 15 is 0 Å². The van der Waals surface area contributed by atoms with Crippen LogP contribution in [0.2, 0.25) is 0 Å². The van der Waals surface area contributed by atoms with Gasteiger partial charge in [0.25, 0.3) is 0 Å². The van der Waals surface area contributed by atoms with Crippen molar-refractivity contribution >= 4 is 0 Å². The van der Waals surface area contributed by atoms with Crippen LogP contribution in [0.3, 0.4) is 0 Å². The normalized spacial score (nSPS) is 20.9. The maximum Gasteiger partial charge on any atom is 0.0333 e. The van der Waals surface area contributed by atoms with Crippen LogP contribution in [0.4, 0.5) is 0 Å². The van der Waals surface area contributed by atoms with Gasteiger partial charge in [0, 0.05) is 12.6 Å². The fraction of sp³-hybridized carbons (Fsp3) is 0.571. The molecule has 1 aromatic carbocycles. The minimum absolute atomic E-state index is 0.168. The second kappa shape index (κ2) is 5.46. The van der Waals surface area contributed by atoms with Gasteiger partial charge < -0.3 is 10.6 Å². The van der Waals surface area contributed by atoms with E-state index in [1.165, 1.54) is 31.5 Å². The van der Waals surface area contributed by atoms with E-state index in [0.717, 1.165) is 6.54 Å². The van der Waals surface area contributed by atoms with Gasteiger partial charge in [0.1, 0.15) is 0 Å². The van der Waals surface area contributed by atoms with Gasteiger partial charge in [-0.15, -0.1) is 0 Å². The predicted octanol–water partition coefficient (Wildman–Crippen LogP) is 2.42. The third-order valence-corrected chi connectivity index (χ3v) is 3.54. The lowest BCUT2D eigenvalue weighted by molar-refractivity contribution is 0.266. The summed E-state index contributed by atoms with van der Waals surface area (Å²) in [6.45, 7) is 5.91. The topological polar surface area (TPSA) is 29.3 Å². The van der Waals surface area contributed by atoms with Crippen LogP contribution < -0.4 is 5.73 Å². The van der Waals surface area contributed by atoms with E-state index in [0.29, 0.717) is 5.92 Å². The van der Waals surface area contributed by atoms with Crippen LogP contribution in [0.25, 0.3) is 0 Å². The summed E-state index contributed by atoms with van der Waals surface area (Å²) < 4.78 is 0. The Morgan fingerprint density at radius 3 is 2.44 bits per heavy atom. The maximum absolute atomic E-state index is 6.29. The van der Waals surface area contributed by atoms with Crippen LogP contribution in [0.5, 0.6) is 0 Å². The van der Waals surface area contributed by atoms with Gasteiger partial charge in [0.05, 0.1) is 0 Å². The summed E-state index contributed by atoms with van der Waals surface area (Å²) in [5, 5.41) is 0. The maximum atomic E-state index is 6.29. The van der Waals surface area contributed by atoms with Crippen LogP contribution in [0.15, 0.2) is 30.3 Å². The first-order chi connectivity index (χ1) is 7.77. The second-order valence-corrected chi connectivity index (χ2v) is 4.92. The van der Waals surface area contributed by atoms with Crippen molar-refractivity contribution in [2.24, 2.45) is 11.7 Å². The van der Waals surface area contributed by atoms with Gasteiger partial charge in [-0.1, -0.05) is 37.3 Å². The summed E-state index contributed by atoms with van der Waals surface area (Å²) >= 11 is 0. The Morgan fingerprint density at radius 1 is 1.19 bits per heavy atom. The number of nitrogens with zero attached hydrogens (tertiary/aromatic N) is 1. The van der Waals surface area contributed by atoms with Crippen molar-refractivity contribution in [1.82, 2.24) is 4.90 Å². The molecule has 0 aromatic heterocycles. The molecule has 1 aliphatic heterocycles. The predicted molar refractivity (Wildman–Crippen MR) is 68.2 cm³/mol. The zero-order valence-electron chi connectivity index (χ0n) is 10.1. The van der Waals surface area contributed by atoms with Crippen molar-refractivity contribution in [3.63, 3.8) is 0 Å². The lowest BCUT2D eigenvalue weighted by Gasteiger charge is -2.25. The van der Waals surface area contributed by atoms with E-state index < -0.39 is 0 Å². The molecule has 2 nitrogen and oxygen atoms in total. The van der Waals surface area contributed by atoms with Gasteiger partial charge >= 0.3 is 0 Å². The Morgan fingerprint density at radius 2 is 1.81 bits per heavy atom. The minimum atomic E-state index is 0.168. The summed E-state index contributed by atoms with van der Waals surface area (Å²) in [6.07, 6.45) is 2.71. The Balaban J connectivity index is 1.91. The monoisotopic (exact) mass is 218 g/mol. The van der Waals surface area contributed by atoms with E-state index in [1.807, 2.05) is 6.07 Å². The Bertz CT molecular complexity index is 304. The minimum Gasteiger partial charge on any atom is -0.324 e. The largest absolute Gasteiger partial charge is 0.324 e. The Hall–Kier alpha value is -0.860. The summed E-state index contributed by atoms with van der Waals surface area (Å²) in [5.74, 6) is 0.528. The van der Waals surface area contributed by atoms with Crippen molar-refractivity contribution < 1.29 is 0 Å². The van der Waals surface area contributed by atoms with E-state index in [1.54, 1.807) is 0 Å². The molecule has 0 spiro atoms. The molecular formula is C14H22N2. The van der Waals surface area contributed by atoms with Gasteiger partial charge in [0.2, 0.25) is 0 Å². The third kappa shape index (κ3) is 2.83. The molecule has 16 heavy (non-hydrogen) atoms. The fourth-order valence-electron chi connectivity index (χ4n) is 2.49. The molecule has 0 aliphatic carbocycles. The smallest absolute Gasteiger partial charge is 0.0333 e. The molecule has 2 atom stereocenters. The van der Waals surface area contributed by atoms with E-state index in [4.69, 9.17) is 5.73 Å². The highest BCUT2D eigenvalue weighted by Gasteiger charge is 2.19. The molecule has 2 rings (SSSR count). The lowest BCUT2D eigenvalue weighted by atomic mass is 9.95. The molecule has 1 aromatic rings. The summed E-state index contributed by atoms with van der Waals surface area (Å²) in [7, 11) is 0. The van der Waals surface area contributed by atoms with Crippen molar-refractivity contribution in [3.05, 3.63) is 35.9 Å². The van der Waals surface area contributed by atoms with Crippen LogP contribution in [-0.2, 0) is 0 Å². The molecule has 0 radical (unpaired) electrons. The molecule has 0 amide bonds. The second-order valence-electron chi connectivity index (χ2n) is 4.92. The summed E-state index contributed by atoms with van der Waals surface area (Å²) in [4.78, 5) is 2.54. The third-order valence-electron chi connectivity index (χ3n) is 3.54. The highest BCUT2D eigenvalue weighted by molar-refractivity contribution is 5.19. The number of benzene rings is 1.